The molecule has 0 aliphatic heterocycles. The van der Waals surface area contributed by atoms with Crippen LogP contribution in [0.2, 0.25) is 5.15 Å². The number of aromatic nitrogens is 1. The van der Waals surface area contributed by atoms with E-state index in [1.165, 1.54) is 0 Å². The van der Waals surface area contributed by atoms with Gasteiger partial charge in [-0.3, -0.25) is 0 Å². The fourth-order valence-electron chi connectivity index (χ4n) is 1.33. The first-order chi connectivity index (χ1) is 6.81. The van der Waals surface area contributed by atoms with Crippen LogP contribution in [0.25, 0.3) is 10.9 Å². The maximum absolute atomic E-state index is 5.95. The van der Waals surface area contributed by atoms with Crippen LogP contribution in [0.3, 0.4) is 0 Å². The average molecular weight is 208 g/mol. The Morgan fingerprint density at radius 3 is 2.93 bits per heavy atom. The number of nitrogens with zero attached hydrogens (tertiary/aromatic N) is 1. The van der Waals surface area contributed by atoms with Gasteiger partial charge in [-0.05, 0) is 19.1 Å². The monoisotopic (exact) mass is 207 g/mol. The highest BCUT2D eigenvalue weighted by molar-refractivity contribution is 6.31. The van der Waals surface area contributed by atoms with E-state index >= 15 is 0 Å². The minimum atomic E-state index is 0.422. The summed E-state index contributed by atoms with van der Waals surface area (Å²) in [6.07, 6.45) is 0. The van der Waals surface area contributed by atoms with E-state index < -0.39 is 0 Å². The molecule has 72 valence electrons. The number of benzene rings is 1. The van der Waals surface area contributed by atoms with Gasteiger partial charge in [-0.1, -0.05) is 29.8 Å². The molecule has 0 aliphatic carbocycles. The van der Waals surface area contributed by atoms with Crippen molar-refractivity contribution < 1.29 is 4.74 Å². The lowest BCUT2D eigenvalue weighted by Crippen LogP contribution is -1.93. The van der Waals surface area contributed by atoms with Gasteiger partial charge in [-0.25, -0.2) is 4.98 Å². The number of pyridine rings is 1. The Balaban J connectivity index is 2.59. The molecule has 2 aromatic rings. The molecule has 0 saturated heterocycles. The van der Waals surface area contributed by atoms with Gasteiger partial charge in [0, 0.05) is 5.39 Å². The van der Waals surface area contributed by atoms with Crippen LogP contribution in [0.5, 0.6) is 5.75 Å². The van der Waals surface area contributed by atoms with E-state index in [4.69, 9.17) is 16.3 Å². The van der Waals surface area contributed by atoms with Crippen molar-refractivity contribution in [3.8, 4) is 5.75 Å². The van der Waals surface area contributed by atoms with E-state index in [1.54, 1.807) is 0 Å². The van der Waals surface area contributed by atoms with Crippen LogP contribution in [0.4, 0.5) is 0 Å². The zero-order valence-corrected chi connectivity index (χ0v) is 8.58. The predicted molar refractivity (Wildman–Crippen MR) is 57.9 cm³/mol. The third-order valence-corrected chi connectivity index (χ3v) is 2.22. The Kier molecular flexibility index (Phi) is 2.55. The largest absolute Gasteiger partial charge is 0.491 e. The van der Waals surface area contributed by atoms with Crippen molar-refractivity contribution in [1.29, 1.82) is 0 Å². The number of para-hydroxylation sites is 1. The molecule has 3 heteroatoms. The number of ether oxygens (including phenoxy) is 1. The summed E-state index contributed by atoms with van der Waals surface area (Å²) in [5.74, 6) is 0.646. The van der Waals surface area contributed by atoms with Crippen molar-refractivity contribution in [1.82, 2.24) is 4.98 Å². The van der Waals surface area contributed by atoms with Crippen molar-refractivity contribution in [2.24, 2.45) is 0 Å². The molecule has 14 heavy (non-hydrogen) atoms. The smallest absolute Gasteiger partial charge is 0.171 e. The van der Waals surface area contributed by atoms with Crippen LogP contribution in [0.15, 0.2) is 30.3 Å². The SMILES string of the molecule is CCOc1cc2ccccc2nc1Cl. The quantitative estimate of drug-likeness (QED) is 0.705. The third-order valence-electron chi connectivity index (χ3n) is 1.95. The van der Waals surface area contributed by atoms with Crippen molar-refractivity contribution in [2.75, 3.05) is 6.61 Å². The van der Waals surface area contributed by atoms with Gasteiger partial charge in [0.2, 0.25) is 0 Å². The summed E-state index contributed by atoms with van der Waals surface area (Å²) in [4.78, 5) is 4.23. The lowest BCUT2D eigenvalue weighted by Gasteiger charge is -2.05. The molecule has 2 rings (SSSR count). The third kappa shape index (κ3) is 1.66. The fourth-order valence-corrected chi connectivity index (χ4v) is 1.53. The Morgan fingerprint density at radius 1 is 1.36 bits per heavy atom. The van der Waals surface area contributed by atoms with Crippen LogP contribution in [0.1, 0.15) is 6.92 Å². The highest BCUT2D eigenvalue weighted by Crippen LogP contribution is 2.26. The Morgan fingerprint density at radius 2 is 2.14 bits per heavy atom. The van der Waals surface area contributed by atoms with Crippen LogP contribution in [0, 0.1) is 0 Å². The fraction of sp³-hybridized carbons (Fsp3) is 0.182. The maximum atomic E-state index is 5.95. The van der Waals surface area contributed by atoms with Crippen LogP contribution < -0.4 is 4.74 Å². The average Bonchev–Trinajstić information content (AvgIpc) is 2.19. The number of hydrogen-bond acceptors (Lipinski definition) is 2. The molecule has 1 heterocycles. The number of halogens is 1. The minimum Gasteiger partial charge on any atom is -0.491 e. The summed E-state index contributed by atoms with van der Waals surface area (Å²) in [6, 6.07) is 9.73. The minimum absolute atomic E-state index is 0.422. The number of hydrogen-bond donors (Lipinski definition) is 0. The van der Waals surface area contributed by atoms with Crippen molar-refractivity contribution in [2.45, 2.75) is 6.92 Å². The zero-order valence-electron chi connectivity index (χ0n) is 7.83. The van der Waals surface area contributed by atoms with Crippen molar-refractivity contribution in [3.63, 3.8) is 0 Å². The molecule has 0 unspecified atom stereocenters. The topological polar surface area (TPSA) is 22.1 Å². The van der Waals surface area contributed by atoms with Gasteiger partial charge in [-0.2, -0.15) is 0 Å². The van der Waals surface area contributed by atoms with E-state index in [0.29, 0.717) is 17.5 Å². The molecule has 0 atom stereocenters. The molecule has 0 saturated carbocycles. The van der Waals surface area contributed by atoms with E-state index in [0.717, 1.165) is 10.9 Å². The highest BCUT2D eigenvalue weighted by atomic mass is 35.5. The molecule has 1 aromatic heterocycles. The van der Waals surface area contributed by atoms with Gasteiger partial charge in [0.1, 0.15) is 0 Å². The van der Waals surface area contributed by atoms with Crippen LogP contribution >= 0.6 is 11.6 Å². The van der Waals surface area contributed by atoms with E-state index in [9.17, 15) is 0 Å². The Hall–Kier alpha value is -1.28. The summed E-state index contributed by atoms with van der Waals surface area (Å²) in [6.45, 7) is 2.52. The molecule has 0 bridgehead atoms. The van der Waals surface area contributed by atoms with Crippen LogP contribution in [-0.4, -0.2) is 11.6 Å². The lowest BCUT2D eigenvalue weighted by molar-refractivity contribution is 0.339. The molecule has 1 aromatic carbocycles. The molecular formula is C11H10ClNO. The second-order valence-corrected chi connectivity index (χ2v) is 3.26. The van der Waals surface area contributed by atoms with Crippen molar-refractivity contribution in [3.05, 3.63) is 35.5 Å². The van der Waals surface area contributed by atoms with Gasteiger partial charge >= 0.3 is 0 Å². The van der Waals surface area contributed by atoms with E-state index in [-0.39, 0.29) is 0 Å². The first-order valence-corrected chi connectivity index (χ1v) is 4.87. The summed E-state index contributed by atoms with van der Waals surface area (Å²) in [5, 5.41) is 1.46. The normalized spacial score (nSPS) is 10.4. The second-order valence-electron chi connectivity index (χ2n) is 2.90. The first kappa shape index (κ1) is 9.28. The molecule has 0 amide bonds. The standard InChI is InChI=1S/C11H10ClNO/c1-2-14-10-7-8-5-3-4-6-9(8)13-11(10)12/h3-7H,2H2,1H3. The van der Waals surface area contributed by atoms with Gasteiger partial charge in [0.15, 0.2) is 10.9 Å². The zero-order chi connectivity index (χ0) is 9.97. The number of fused-ring (bicyclic) bond motifs is 1. The summed E-state index contributed by atoms with van der Waals surface area (Å²) < 4.78 is 5.35. The Bertz CT molecular complexity index is 456. The summed E-state index contributed by atoms with van der Waals surface area (Å²) >= 11 is 5.95. The molecule has 0 spiro atoms. The van der Waals surface area contributed by atoms with Gasteiger partial charge in [0.25, 0.3) is 0 Å². The number of rotatable bonds is 2. The van der Waals surface area contributed by atoms with Crippen LogP contribution in [-0.2, 0) is 0 Å². The van der Waals surface area contributed by atoms with Crippen molar-refractivity contribution >= 4 is 22.5 Å². The second kappa shape index (κ2) is 3.84. The summed E-state index contributed by atoms with van der Waals surface area (Å²) in [7, 11) is 0. The molecule has 0 radical (unpaired) electrons. The van der Waals surface area contributed by atoms with E-state index in [2.05, 4.69) is 4.98 Å². The van der Waals surface area contributed by atoms with Gasteiger partial charge < -0.3 is 4.74 Å². The molecule has 0 aliphatic rings. The Labute approximate surface area is 87.5 Å². The molecule has 0 fully saturated rings. The molecule has 0 N–H and O–H groups in total. The van der Waals surface area contributed by atoms with Gasteiger partial charge in [0.05, 0.1) is 12.1 Å². The predicted octanol–water partition coefficient (Wildman–Crippen LogP) is 3.29. The maximum Gasteiger partial charge on any atom is 0.171 e. The summed E-state index contributed by atoms with van der Waals surface area (Å²) in [5.41, 5.74) is 0.890. The first-order valence-electron chi connectivity index (χ1n) is 4.49. The lowest BCUT2D eigenvalue weighted by atomic mass is 10.2. The van der Waals surface area contributed by atoms with Gasteiger partial charge in [-0.15, -0.1) is 0 Å². The highest BCUT2D eigenvalue weighted by Gasteiger charge is 2.04. The van der Waals surface area contributed by atoms with E-state index in [1.807, 2.05) is 37.3 Å². The molecular weight excluding hydrogens is 198 g/mol. The molecule has 2 nitrogen and oxygen atoms in total.